The van der Waals surface area contributed by atoms with Gasteiger partial charge in [0.15, 0.2) is 0 Å². The molecule has 21 heavy (non-hydrogen) atoms. The Bertz CT molecular complexity index is 606. The molecular weight excluding hydrogens is 292 g/mol. The van der Waals surface area contributed by atoms with E-state index in [4.69, 9.17) is 9.52 Å². The van der Waals surface area contributed by atoms with Gasteiger partial charge in [-0.3, -0.25) is 4.79 Å². The molecule has 0 radical (unpaired) electrons. The molecule has 2 heterocycles. The highest BCUT2D eigenvalue weighted by atomic mass is 32.1. The quantitative estimate of drug-likeness (QED) is 0.819. The number of amides is 1. The number of rotatable bonds is 7. The Morgan fingerprint density at radius 1 is 1.52 bits per heavy atom. The first-order valence-corrected chi connectivity index (χ1v) is 7.48. The van der Waals surface area contributed by atoms with Crippen LogP contribution in [0.3, 0.4) is 0 Å². The first-order valence-electron chi connectivity index (χ1n) is 6.60. The number of oxazole rings is 1. The van der Waals surface area contributed by atoms with Crippen LogP contribution >= 0.6 is 11.3 Å². The molecule has 0 aliphatic heterocycles. The van der Waals surface area contributed by atoms with E-state index in [9.17, 15) is 9.59 Å². The Morgan fingerprint density at radius 3 is 2.95 bits per heavy atom. The number of carbonyl (C=O) groups excluding carboxylic acids is 1. The normalized spacial score (nSPS) is 12.0. The number of hydrogen-bond acceptors (Lipinski definition) is 5. The van der Waals surface area contributed by atoms with Crippen molar-refractivity contribution in [3.05, 3.63) is 29.5 Å². The zero-order valence-electron chi connectivity index (χ0n) is 11.5. The van der Waals surface area contributed by atoms with E-state index in [-0.39, 0.29) is 12.3 Å². The molecule has 1 atom stereocenters. The zero-order valence-corrected chi connectivity index (χ0v) is 12.4. The summed E-state index contributed by atoms with van der Waals surface area (Å²) in [5.74, 6) is -0.928. The highest BCUT2D eigenvalue weighted by molar-refractivity contribution is 7.13. The van der Waals surface area contributed by atoms with Crippen LogP contribution in [-0.2, 0) is 16.0 Å². The molecule has 2 N–H and O–H groups in total. The second kappa shape index (κ2) is 7.03. The SMILES string of the molecule is CCCC(NC(=O)Cc1coc(-c2cccs2)n1)C(=O)O. The number of nitrogens with zero attached hydrogens (tertiary/aromatic N) is 1. The van der Waals surface area contributed by atoms with Crippen molar-refractivity contribution >= 4 is 23.2 Å². The highest BCUT2D eigenvalue weighted by Crippen LogP contribution is 2.23. The molecule has 0 bridgehead atoms. The molecule has 6 nitrogen and oxygen atoms in total. The van der Waals surface area contributed by atoms with Crippen molar-refractivity contribution in [3.63, 3.8) is 0 Å². The fourth-order valence-corrected chi connectivity index (χ4v) is 2.51. The molecule has 0 aliphatic carbocycles. The zero-order chi connectivity index (χ0) is 15.2. The maximum absolute atomic E-state index is 11.8. The minimum absolute atomic E-state index is 0.00235. The number of thiophene rings is 1. The van der Waals surface area contributed by atoms with Gasteiger partial charge in [0.05, 0.1) is 17.0 Å². The van der Waals surface area contributed by atoms with E-state index in [1.165, 1.54) is 17.6 Å². The molecule has 0 aliphatic rings. The maximum Gasteiger partial charge on any atom is 0.326 e. The van der Waals surface area contributed by atoms with Gasteiger partial charge >= 0.3 is 5.97 Å². The Kier molecular flexibility index (Phi) is 5.10. The van der Waals surface area contributed by atoms with Crippen LogP contribution in [0.15, 0.2) is 28.2 Å². The number of nitrogens with one attached hydrogen (secondary N) is 1. The van der Waals surface area contributed by atoms with E-state index in [0.29, 0.717) is 24.4 Å². The molecule has 7 heteroatoms. The van der Waals surface area contributed by atoms with Gasteiger partial charge in [-0.25, -0.2) is 9.78 Å². The number of hydrogen-bond donors (Lipinski definition) is 2. The van der Waals surface area contributed by atoms with Crippen molar-refractivity contribution < 1.29 is 19.1 Å². The van der Waals surface area contributed by atoms with Gasteiger partial charge in [-0.1, -0.05) is 19.4 Å². The first-order chi connectivity index (χ1) is 10.1. The average molecular weight is 308 g/mol. The van der Waals surface area contributed by atoms with E-state index in [0.717, 1.165) is 4.88 Å². The summed E-state index contributed by atoms with van der Waals surface area (Å²) in [4.78, 5) is 27.9. The Balaban J connectivity index is 1.95. The minimum Gasteiger partial charge on any atom is -0.480 e. The van der Waals surface area contributed by atoms with Crippen LogP contribution < -0.4 is 5.32 Å². The smallest absolute Gasteiger partial charge is 0.326 e. The van der Waals surface area contributed by atoms with Gasteiger partial charge in [0, 0.05) is 0 Å². The molecular formula is C14H16N2O4S. The summed E-state index contributed by atoms with van der Waals surface area (Å²) in [6.07, 6.45) is 2.51. The van der Waals surface area contributed by atoms with Crippen molar-refractivity contribution in [1.82, 2.24) is 10.3 Å². The lowest BCUT2D eigenvalue weighted by Gasteiger charge is -2.12. The van der Waals surface area contributed by atoms with Gasteiger partial charge in [0.25, 0.3) is 0 Å². The van der Waals surface area contributed by atoms with Crippen LogP contribution in [0.25, 0.3) is 10.8 Å². The van der Waals surface area contributed by atoms with Crippen LogP contribution in [-0.4, -0.2) is 28.0 Å². The van der Waals surface area contributed by atoms with E-state index in [2.05, 4.69) is 10.3 Å². The molecule has 2 aromatic heterocycles. The molecule has 0 spiro atoms. The summed E-state index contributed by atoms with van der Waals surface area (Å²) < 4.78 is 5.31. The fraction of sp³-hybridized carbons (Fsp3) is 0.357. The van der Waals surface area contributed by atoms with Crippen LogP contribution in [0.2, 0.25) is 0 Å². The van der Waals surface area contributed by atoms with Crippen molar-refractivity contribution in [1.29, 1.82) is 0 Å². The standard InChI is InChI=1S/C14H16N2O4S/c1-2-4-10(14(18)19)16-12(17)7-9-8-20-13(15-9)11-5-3-6-21-11/h3,5-6,8,10H,2,4,7H2,1H3,(H,16,17)(H,18,19). The van der Waals surface area contributed by atoms with Gasteiger partial charge in [-0.15, -0.1) is 11.3 Å². The van der Waals surface area contributed by atoms with E-state index in [1.54, 1.807) is 0 Å². The lowest BCUT2D eigenvalue weighted by atomic mass is 10.1. The highest BCUT2D eigenvalue weighted by Gasteiger charge is 2.19. The number of carboxylic acids is 1. The molecule has 1 amide bonds. The number of carbonyl (C=O) groups is 2. The number of aliphatic carboxylic acids is 1. The van der Waals surface area contributed by atoms with E-state index in [1.807, 2.05) is 24.4 Å². The van der Waals surface area contributed by atoms with Crippen molar-refractivity contribution in [2.45, 2.75) is 32.2 Å². The summed E-state index contributed by atoms with van der Waals surface area (Å²) in [5.41, 5.74) is 0.483. The van der Waals surface area contributed by atoms with Crippen LogP contribution in [0.4, 0.5) is 0 Å². The molecule has 0 fully saturated rings. The molecule has 1 unspecified atom stereocenters. The molecule has 2 rings (SSSR count). The topological polar surface area (TPSA) is 92.4 Å². The van der Waals surface area contributed by atoms with Gasteiger partial charge in [-0.2, -0.15) is 0 Å². The summed E-state index contributed by atoms with van der Waals surface area (Å²) in [6, 6.07) is 2.91. The Hall–Kier alpha value is -2.15. The van der Waals surface area contributed by atoms with Crippen molar-refractivity contribution in [2.75, 3.05) is 0 Å². The largest absolute Gasteiger partial charge is 0.480 e. The minimum atomic E-state index is -1.02. The number of carboxylic acid groups (broad SMARTS) is 1. The third-order valence-corrected chi connectivity index (χ3v) is 3.69. The number of aromatic nitrogens is 1. The molecule has 0 saturated heterocycles. The third-order valence-electron chi connectivity index (χ3n) is 2.84. The molecule has 0 aromatic carbocycles. The van der Waals surface area contributed by atoms with Crippen LogP contribution in [0.5, 0.6) is 0 Å². The lowest BCUT2D eigenvalue weighted by Crippen LogP contribution is -2.41. The fourth-order valence-electron chi connectivity index (χ4n) is 1.86. The lowest BCUT2D eigenvalue weighted by molar-refractivity contribution is -0.141. The summed E-state index contributed by atoms with van der Waals surface area (Å²) in [5, 5.41) is 13.4. The van der Waals surface area contributed by atoms with E-state index >= 15 is 0 Å². The van der Waals surface area contributed by atoms with Crippen molar-refractivity contribution in [3.8, 4) is 10.8 Å². The second-order valence-electron chi connectivity index (χ2n) is 4.55. The van der Waals surface area contributed by atoms with E-state index < -0.39 is 12.0 Å². The Morgan fingerprint density at radius 2 is 2.33 bits per heavy atom. The molecule has 112 valence electrons. The predicted octanol–water partition coefficient (Wildman–Crippen LogP) is 2.32. The first kappa shape index (κ1) is 15.2. The van der Waals surface area contributed by atoms with Crippen LogP contribution in [0, 0.1) is 0 Å². The van der Waals surface area contributed by atoms with Gasteiger partial charge in [0.1, 0.15) is 12.3 Å². The van der Waals surface area contributed by atoms with Crippen molar-refractivity contribution in [2.24, 2.45) is 0 Å². The van der Waals surface area contributed by atoms with Gasteiger partial charge in [0.2, 0.25) is 11.8 Å². The van der Waals surface area contributed by atoms with Gasteiger partial charge < -0.3 is 14.8 Å². The average Bonchev–Trinajstić information content (AvgIpc) is 3.08. The van der Waals surface area contributed by atoms with Gasteiger partial charge in [-0.05, 0) is 17.9 Å². The summed E-state index contributed by atoms with van der Waals surface area (Å²) in [6.45, 7) is 1.87. The second-order valence-corrected chi connectivity index (χ2v) is 5.49. The maximum atomic E-state index is 11.8. The molecule has 0 saturated carbocycles. The Labute approximate surface area is 125 Å². The monoisotopic (exact) mass is 308 g/mol. The summed E-state index contributed by atoms with van der Waals surface area (Å²) in [7, 11) is 0. The molecule has 2 aromatic rings. The predicted molar refractivity (Wildman–Crippen MR) is 78.0 cm³/mol. The third kappa shape index (κ3) is 4.16. The van der Waals surface area contributed by atoms with Crippen LogP contribution in [0.1, 0.15) is 25.5 Å². The summed E-state index contributed by atoms with van der Waals surface area (Å²) >= 11 is 1.49.